The summed E-state index contributed by atoms with van der Waals surface area (Å²) in [5.74, 6) is 0. The Bertz CT molecular complexity index is 369. The van der Waals surface area contributed by atoms with Crippen molar-refractivity contribution in [1.82, 2.24) is 0 Å². The minimum absolute atomic E-state index is 0.131. The van der Waals surface area contributed by atoms with Gasteiger partial charge in [0.15, 0.2) is 0 Å². The second-order valence-electron chi connectivity index (χ2n) is 7.93. The highest BCUT2D eigenvalue weighted by Crippen LogP contribution is 2.14. The van der Waals surface area contributed by atoms with E-state index in [1.807, 2.05) is 6.92 Å². The van der Waals surface area contributed by atoms with Gasteiger partial charge in [-0.2, -0.15) is 0 Å². The van der Waals surface area contributed by atoms with E-state index in [4.69, 9.17) is 0 Å². The number of unbranched alkanes of at least 4 members (excludes halogenated alkanes) is 13. The lowest BCUT2D eigenvalue weighted by molar-refractivity contribution is -0.503. The summed E-state index contributed by atoms with van der Waals surface area (Å²) in [6.45, 7) is 7.15. The molecule has 0 spiro atoms. The van der Waals surface area contributed by atoms with Crippen molar-refractivity contribution in [3.63, 3.8) is 0 Å². The molecule has 4 nitrogen and oxygen atoms in total. The quantitative estimate of drug-likeness (QED) is 0.0934. The van der Waals surface area contributed by atoms with Crippen LogP contribution in [0.4, 0.5) is 0 Å². The van der Waals surface area contributed by atoms with E-state index in [0.29, 0.717) is 6.42 Å². The molecule has 0 radical (unpaired) electrons. The predicted molar refractivity (Wildman–Crippen MR) is 119 cm³/mol. The van der Waals surface area contributed by atoms with Crippen molar-refractivity contribution in [3.8, 4) is 0 Å². The molecule has 0 aliphatic rings. The van der Waals surface area contributed by atoms with Gasteiger partial charge < -0.3 is 0 Å². The third kappa shape index (κ3) is 15.8. The van der Waals surface area contributed by atoms with Crippen LogP contribution in [0, 0.1) is 10.1 Å². The van der Waals surface area contributed by atoms with Gasteiger partial charge in [-0.05, 0) is 19.3 Å². The van der Waals surface area contributed by atoms with Crippen LogP contribution in [0.5, 0.6) is 0 Å². The van der Waals surface area contributed by atoms with Gasteiger partial charge in [-0.25, -0.2) is 0 Å². The maximum atomic E-state index is 11.4. The molecule has 1 unspecified atom stereocenters. The van der Waals surface area contributed by atoms with Crippen LogP contribution < -0.4 is 0 Å². The van der Waals surface area contributed by atoms with Gasteiger partial charge in [-0.1, -0.05) is 104 Å². The number of hydrogen-bond acceptors (Lipinski definition) is 3. The van der Waals surface area contributed by atoms with Gasteiger partial charge in [0.25, 0.3) is 0 Å². The lowest BCUT2D eigenvalue weighted by Crippen LogP contribution is -2.29. The summed E-state index contributed by atoms with van der Waals surface area (Å²) < 4.78 is 0. The van der Waals surface area contributed by atoms with Crippen molar-refractivity contribution in [2.24, 2.45) is 4.99 Å². The lowest BCUT2D eigenvalue weighted by Gasteiger charge is -2.11. The van der Waals surface area contributed by atoms with Crippen molar-refractivity contribution in [3.05, 3.63) is 10.1 Å². The first-order valence-corrected chi connectivity index (χ1v) is 11.8. The summed E-state index contributed by atoms with van der Waals surface area (Å²) >= 11 is 0. The molecule has 160 valence electrons. The van der Waals surface area contributed by atoms with Gasteiger partial charge in [0, 0.05) is 17.9 Å². The van der Waals surface area contributed by atoms with E-state index in [0.717, 1.165) is 31.5 Å². The Hall–Kier alpha value is -0.930. The van der Waals surface area contributed by atoms with Crippen molar-refractivity contribution in [2.75, 3.05) is 6.54 Å². The Kier molecular flexibility index (Phi) is 19.1. The average molecular weight is 383 g/mol. The monoisotopic (exact) mass is 382 g/mol. The van der Waals surface area contributed by atoms with E-state index < -0.39 is 6.04 Å². The Morgan fingerprint density at radius 1 is 0.741 bits per heavy atom. The van der Waals surface area contributed by atoms with E-state index in [1.54, 1.807) is 0 Å². The molecule has 4 heteroatoms. The second kappa shape index (κ2) is 19.8. The number of nitro groups is 1. The first-order valence-electron chi connectivity index (χ1n) is 11.8. The maximum Gasteiger partial charge on any atom is 0.250 e. The summed E-state index contributed by atoms with van der Waals surface area (Å²) in [6.07, 6.45) is 20.3. The second-order valence-corrected chi connectivity index (χ2v) is 7.93. The van der Waals surface area contributed by atoms with E-state index in [2.05, 4.69) is 18.8 Å². The van der Waals surface area contributed by atoms with Gasteiger partial charge in [-0.3, -0.25) is 15.1 Å². The first-order chi connectivity index (χ1) is 13.2. The molecule has 0 saturated heterocycles. The maximum absolute atomic E-state index is 11.4. The third-order valence-corrected chi connectivity index (χ3v) is 5.39. The summed E-state index contributed by atoms with van der Waals surface area (Å²) in [7, 11) is 0. The molecule has 0 N–H and O–H groups in total. The van der Waals surface area contributed by atoms with Crippen LogP contribution in [0.2, 0.25) is 0 Å². The molecule has 0 aromatic heterocycles. The molecular formula is C23H46N2O2. The van der Waals surface area contributed by atoms with Crippen LogP contribution in [0.1, 0.15) is 130 Å². The molecule has 0 aromatic carbocycles. The molecule has 0 aromatic rings. The molecule has 0 aliphatic carbocycles. The van der Waals surface area contributed by atoms with Gasteiger partial charge in [0.05, 0.1) is 5.71 Å². The number of aliphatic imine (C=N–C) groups is 1. The summed E-state index contributed by atoms with van der Waals surface area (Å²) in [5, 5.41) is 11.4. The van der Waals surface area contributed by atoms with Crippen LogP contribution in [-0.2, 0) is 0 Å². The van der Waals surface area contributed by atoms with E-state index in [9.17, 15) is 10.1 Å². The minimum Gasteiger partial charge on any atom is -0.287 e. The zero-order chi connectivity index (χ0) is 20.2. The topological polar surface area (TPSA) is 55.5 Å². The molecule has 0 bridgehead atoms. The van der Waals surface area contributed by atoms with Crippen LogP contribution in [0.25, 0.3) is 0 Å². The Morgan fingerprint density at radius 2 is 1.19 bits per heavy atom. The molecule has 1 atom stereocenters. The number of nitrogens with zero attached hydrogens (tertiary/aromatic N) is 2. The zero-order valence-corrected chi connectivity index (χ0v) is 18.5. The summed E-state index contributed by atoms with van der Waals surface area (Å²) in [5.41, 5.74) is 0.846. The van der Waals surface area contributed by atoms with E-state index in [1.165, 1.54) is 83.5 Å². The van der Waals surface area contributed by atoms with Crippen molar-refractivity contribution >= 4 is 5.71 Å². The van der Waals surface area contributed by atoms with Crippen LogP contribution in [0.3, 0.4) is 0 Å². The molecule has 0 amide bonds. The molecule has 0 heterocycles. The van der Waals surface area contributed by atoms with Crippen molar-refractivity contribution in [1.29, 1.82) is 0 Å². The molecule has 0 saturated carbocycles. The molecule has 0 rings (SSSR count). The van der Waals surface area contributed by atoms with Crippen LogP contribution in [0.15, 0.2) is 4.99 Å². The molecule has 0 aliphatic heterocycles. The SMILES string of the molecule is CCCCCCCCCCC/C(=N\CCCCCCCC)C(CC)[N+](=O)[O-]. The fraction of sp³-hybridized carbons (Fsp3) is 0.957. The Labute approximate surface area is 168 Å². The standard InChI is InChI=1S/C23H46N2O2/c1-4-7-9-11-13-14-15-16-18-20-22(23(6-3)25(26)27)24-21-19-17-12-10-8-5-2/h23H,4-21H2,1-3H3/b24-22+. The molecule has 27 heavy (non-hydrogen) atoms. The minimum atomic E-state index is -0.570. The van der Waals surface area contributed by atoms with Crippen LogP contribution >= 0.6 is 0 Å². The third-order valence-electron chi connectivity index (χ3n) is 5.39. The number of hydrogen-bond donors (Lipinski definition) is 0. The smallest absolute Gasteiger partial charge is 0.250 e. The highest BCUT2D eigenvalue weighted by atomic mass is 16.6. The summed E-state index contributed by atoms with van der Waals surface area (Å²) in [4.78, 5) is 15.9. The van der Waals surface area contributed by atoms with Crippen LogP contribution in [-0.4, -0.2) is 23.2 Å². The van der Waals surface area contributed by atoms with E-state index >= 15 is 0 Å². The number of rotatable bonds is 20. The molecular weight excluding hydrogens is 336 g/mol. The highest BCUT2D eigenvalue weighted by Gasteiger charge is 2.24. The van der Waals surface area contributed by atoms with Gasteiger partial charge >= 0.3 is 0 Å². The lowest BCUT2D eigenvalue weighted by atomic mass is 10.0. The largest absolute Gasteiger partial charge is 0.287 e. The van der Waals surface area contributed by atoms with E-state index in [-0.39, 0.29) is 4.92 Å². The Morgan fingerprint density at radius 3 is 1.63 bits per heavy atom. The van der Waals surface area contributed by atoms with Gasteiger partial charge in [0.2, 0.25) is 6.04 Å². The highest BCUT2D eigenvalue weighted by molar-refractivity contribution is 5.88. The Balaban J connectivity index is 4.10. The van der Waals surface area contributed by atoms with Crippen molar-refractivity contribution in [2.45, 2.75) is 136 Å². The van der Waals surface area contributed by atoms with Crippen molar-refractivity contribution < 1.29 is 4.92 Å². The fourth-order valence-corrected chi connectivity index (χ4v) is 3.59. The summed E-state index contributed by atoms with van der Waals surface area (Å²) in [6, 6.07) is -0.570. The zero-order valence-electron chi connectivity index (χ0n) is 18.5. The normalized spacial score (nSPS) is 13.1. The predicted octanol–water partition coefficient (Wildman–Crippen LogP) is 7.76. The average Bonchev–Trinajstić information content (AvgIpc) is 2.65. The van der Waals surface area contributed by atoms with Gasteiger partial charge in [-0.15, -0.1) is 0 Å². The van der Waals surface area contributed by atoms with Gasteiger partial charge in [0.1, 0.15) is 0 Å². The first kappa shape index (κ1) is 26.1. The molecule has 0 fully saturated rings. The fourth-order valence-electron chi connectivity index (χ4n) is 3.59.